The molecule has 0 spiro atoms. The van der Waals surface area contributed by atoms with Gasteiger partial charge in [0.2, 0.25) is 0 Å². The van der Waals surface area contributed by atoms with E-state index in [0.29, 0.717) is 21.8 Å². The molecular formula is C23H20BrClN2O6. The summed E-state index contributed by atoms with van der Waals surface area (Å²) < 4.78 is 11.3. The summed E-state index contributed by atoms with van der Waals surface area (Å²) in [6.07, 6.45) is 1.52. The van der Waals surface area contributed by atoms with Crippen LogP contribution < -0.4 is 5.32 Å². The Labute approximate surface area is 203 Å². The van der Waals surface area contributed by atoms with Gasteiger partial charge in [0.1, 0.15) is 0 Å². The van der Waals surface area contributed by atoms with Gasteiger partial charge >= 0.3 is 5.97 Å². The Hall–Kier alpha value is -2.75. The molecule has 0 radical (unpaired) electrons. The molecule has 10 heteroatoms. The molecule has 2 aliphatic rings. The number of nitrogens with zero attached hydrogens (tertiary/aromatic N) is 1. The van der Waals surface area contributed by atoms with Crippen LogP contribution in [0.4, 0.5) is 5.69 Å². The molecule has 33 heavy (non-hydrogen) atoms. The van der Waals surface area contributed by atoms with E-state index >= 15 is 0 Å². The van der Waals surface area contributed by atoms with Crippen molar-refractivity contribution in [3.05, 3.63) is 62.1 Å². The van der Waals surface area contributed by atoms with Crippen LogP contribution >= 0.6 is 27.5 Å². The molecule has 4 rings (SSSR count). The van der Waals surface area contributed by atoms with E-state index in [9.17, 15) is 19.2 Å². The van der Waals surface area contributed by atoms with Crippen LogP contribution in [0, 0.1) is 6.92 Å². The van der Waals surface area contributed by atoms with Crippen molar-refractivity contribution in [1.29, 1.82) is 0 Å². The second-order valence-electron chi connectivity index (χ2n) is 7.82. The highest BCUT2D eigenvalue weighted by atomic mass is 79.9. The largest absolute Gasteiger partial charge is 0.452 e. The number of esters is 1. The molecule has 1 N–H and O–H groups in total. The zero-order valence-electron chi connectivity index (χ0n) is 17.7. The molecule has 1 atom stereocenters. The summed E-state index contributed by atoms with van der Waals surface area (Å²) in [4.78, 5) is 51.2. The van der Waals surface area contributed by atoms with Crippen molar-refractivity contribution in [3.8, 4) is 0 Å². The van der Waals surface area contributed by atoms with Crippen molar-refractivity contribution < 1.29 is 28.7 Å². The summed E-state index contributed by atoms with van der Waals surface area (Å²) in [7, 11) is 0. The van der Waals surface area contributed by atoms with Gasteiger partial charge in [0.25, 0.3) is 17.7 Å². The first-order valence-electron chi connectivity index (χ1n) is 10.3. The number of nitrogens with one attached hydrogen (secondary N) is 1. The lowest BCUT2D eigenvalue weighted by Crippen LogP contribution is -2.36. The molecule has 0 bridgehead atoms. The van der Waals surface area contributed by atoms with Crippen LogP contribution in [0.3, 0.4) is 0 Å². The second-order valence-corrected chi connectivity index (χ2v) is 9.08. The third kappa shape index (κ3) is 4.95. The first-order chi connectivity index (χ1) is 15.7. The number of carbonyl (C=O) groups is 4. The van der Waals surface area contributed by atoms with Gasteiger partial charge in [-0.05, 0) is 71.6 Å². The average Bonchev–Trinajstić information content (AvgIpc) is 3.38. The minimum absolute atomic E-state index is 0.0736. The van der Waals surface area contributed by atoms with Crippen LogP contribution in [0.25, 0.3) is 0 Å². The highest BCUT2D eigenvalue weighted by Gasteiger charge is 2.38. The monoisotopic (exact) mass is 534 g/mol. The fourth-order valence-corrected chi connectivity index (χ4v) is 4.38. The van der Waals surface area contributed by atoms with Gasteiger partial charge in [0.05, 0.1) is 34.4 Å². The van der Waals surface area contributed by atoms with Crippen LogP contribution in [0.2, 0.25) is 5.02 Å². The minimum Gasteiger partial charge on any atom is -0.452 e. The maximum absolute atomic E-state index is 12.7. The summed E-state index contributed by atoms with van der Waals surface area (Å²) in [5.41, 5.74) is 1.72. The van der Waals surface area contributed by atoms with Crippen LogP contribution in [0.15, 0.2) is 34.8 Å². The lowest BCUT2D eigenvalue weighted by molar-refractivity contribution is -0.119. The van der Waals surface area contributed by atoms with E-state index in [-0.39, 0.29) is 29.3 Å². The SMILES string of the molecule is Cc1cc(Br)c(Cl)cc1NC(=O)COC(=O)c1ccc2c(c1)C(=O)N(C[C@H]1CCCO1)C2=O. The molecular weight excluding hydrogens is 516 g/mol. The Morgan fingerprint density at radius 3 is 2.70 bits per heavy atom. The van der Waals surface area contributed by atoms with Gasteiger partial charge in [-0.3, -0.25) is 19.3 Å². The van der Waals surface area contributed by atoms with E-state index < -0.39 is 30.3 Å². The predicted molar refractivity (Wildman–Crippen MR) is 124 cm³/mol. The molecule has 172 valence electrons. The highest BCUT2D eigenvalue weighted by molar-refractivity contribution is 9.10. The first-order valence-corrected chi connectivity index (χ1v) is 11.5. The number of amides is 3. The third-order valence-corrected chi connectivity index (χ3v) is 6.69. The number of halogens is 2. The van der Waals surface area contributed by atoms with E-state index in [1.165, 1.54) is 18.2 Å². The van der Waals surface area contributed by atoms with Gasteiger partial charge in [-0.1, -0.05) is 11.6 Å². The van der Waals surface area contributed by atoms with Gasteiger partial charge in [0.15, 0.2) is 6.61 Å². The van der Waals surface area contributed by atoms with E-state index in [2.05, 4.69) is 21.2 Å². The molecule has 2 heterocycles. The van der Waals surface area contributed by atoms with Crippen molar-refractivity contribution in [2.45, 2.75) is 25.9 Å². The number of anilines is 1. The van der Waals surface area contributed by atoms with E-state index in [0.717, 1.165) is 23.3 Å². The summed E-state index contributed by atoms with van der Waals surface area (Å²) in [5, 5.41) is 3.07. The smallest absolute Gasteiger partial charge is 0.338 e. The molecule has 0 aromatic heterocycles. The van der Waals surface area contributed by atoms with Gasteiger partial charge in [-0.25, -0.2) is 4.79 Å². The Balaban J connectivity index is 1.39. The quantitative estimate of drug-likeness (QED) is 0.443. The number of imide groups is 1. The van der Waals surface area contributed by atoms with Gasteiger partial charge in [-0.15, -0.1) is 0 Å². The summed E-state index contributed by atoms with van der Waals surface area (Å²) >= 11 is 9.37. The lowest BCUT2D eigenvalue weighted by atomic mass is 10.1. The fourth-order valence-electron chi connectivity index (χ4n) is 3.76. The topological polar surface area (TPSA) is 102 Å². The van der Waals surface area contributed by atoms with Crippen molar-refractivity contribution >= 4 is 56.9 Å². The van der Waals surface area contributed by atoms with Crippen molar-refractivity contribution in [1.82, 2.24) is 4.90 Å². The first kappa shape index (κ1) is 23.4. The summed E-state index contributed by atoms with van der Waals surface area (Å²) in [5.74, 6) is -2.20. The van der Waals surface area contributed by atoms with Gasteiger partial charge in [0, 0.05) is 16.8 Å². The number of carbonyl (C=O) groups excluding carboxylic acids is 4. The van der Waals surface area contributed by atoms with Gasteiger partial charge < -0.3 is 14.8 Å². The Morgan fingerprint density at radius 2 is 1.97 bits per heavy atom. The van der Waals surface area contributed by atoms with Crippen LogP contribution in [0.1, 0.15) is 49.5 Å². The molecule has 1 fully saturated rings. The number of hydrogen-bond acceptors (Lipinski definition) is 6. The zero-order valence-corrected chi connectivity index (χ0v) is 20.0. The molecule has 2 aromatic carbocycles. The Kier molecular flexibility index (Phi) is 6.83. The van der Waals surface area contributed by atoms with E-state index in [1.54, 1.807) is 19.1 Å². The summed E-state index contributed by atoms with van der Waals surface area (Å²) in [6, 6.07) is 7.50. The standard InChI is InChI=1S/C23H20BrClN2O6/c1-12-7-17(24)18(25)9-19(12)26-20(28)11-33-23(31)13-4-5-15-16(8-13)22(30)27(21(15)29)10-14-3-2-6-32-14/h4-5,7-9,14H,2-3,6,10-11H2,1H3,(H,26,28)/t14-/m1/s1. The molecule has 0 unspecified atom stereocenters. The molecule has 1 saturated heterocycles. The molecule has 2 aliphatic heterocycles. The van der Waals surface area contributed by atoms with Crippen molar-refractivity contribution in [2.24, 2.45) is 0 Å². The minimum atomic E-state index is -0.781. The molecule has 3 amide bonds. The third-order valence-electron chi connectivity index (χ3n) is 5.49. The number of fused-ring (bicyclic) bond motifs is 1. The predicted octanol–water partition coefficient (Wildman–Crippen LogP) is 3.98. The Morgan fingerprint density at radius 1 is 1.21 bits per heavy atom. The normalized spacial score (nSPS) is 17.3. The molecule has 0 aliphatic carbocycles. The number of benzene rings is 2. The van der Waals surface area contributed by atoms with Crippen LogP contribution in [-0.4, -0.2) is 54.5 Å². The molecule has 2 aromatic rings. The Bertz CT molecular complexity index is 1160. The summed E-state index contributed by atoms with van der Waals surface area (Å²) in [6.45, 7) is 2.08. The van der Waals surface area contributed by atoms with Crippen molar-refractivity contribution in [2.75, 3.05) is 25.1 Å². The van der Waals surface area contributed by atoms with Gasteiger partial charge in [-0.2, -0.15) is 0 Å². The zero-order chi connectivity index (χ0) is 23.7. The molecule has 8 nitrogen and oxygen atoms in total. The van der Waals surface area contributed by atoms with Crippen LogP contribution in [0.5, 0.6) is 0 Å². The highest BCUT2D eigenvalue weighted by Crippen LogP contribution is 2.29. The number of hydrogen-bond donors (Lipinski definition) is 1. The number of rotatable bonds is 6. The maximum Gasteiger partial charge on any atom is 0.338 e. The van der Waals surface area contributed by atoms with E-state index in [4.69, 9.17) is 21.1 Å². The maximum atomic E-state index is 12.7. The van der Waals surface area contributed by atoms with Crippen LogP contribution in [-0.2, 0) is 14.3 Å². The second kappa shape index (κ2) is 9.62. The van der Waals surface area contributed by atoms with Crippen molar-refractivity contribution in [3.63, 3.8) is 0 Å². The fraction of sp³-hybridized carbons (Fsp3) is 0.304. The number of ether oxygens (including phenoxy) is 2. The molecule has 0 saturated carbocycles. The van der Waals surface area contributed by atoms with E-state index in [1.807, 2.05) is 0 Å². The average molecular weight is 536 g/mol. The lowest BCUT2D eigenvalue weighted by Gasteiger charge is -2.17. The number of aryl methyl sites for hydroxylation is 1.